The molecule has 5 nitrogen and oxygen atoms in total. The number of hydrogen-bond acceptors (Lipinski definition) is 3. The summed E-state index contributed by atoms with van der Waals surface area (Å²) in [5.41, 5.74) is 2.96. The molecule has 0 unspecified atom stereocenters. The maximum Gasteiger partial charge on any atom is 0.225 e. The van der Waals surface area contributed by atoms with Gasteiger partial charge >= 0.3 is 0 Å². The van der Waals surface area contributed by atoms with E-state index in [2.05, 4.69) is 24.1 Å². The molecule has 1 heterocycles. The molecule has 154 valence electrons. The molecule has 0 aromatic heterocycles. The summed E-state index contributed by atoms with van der Waals surface area (Å²) in [6.45, 7) is 8.03. The Morgan fingerprint density at radius 2 is 1.59 bits per heavy atom. The first-order valence-corrected chi connectivity index (χ1v) is 10.5. The zero-order valence-electron chi connectivity index (χ0n) is 17.4. The Kier molecular flexibility index (Phi) is 7.42. The van der Waals surface area contributed by atoms with Gasteiger partial charge in [-0.3, -0.25) is 14.5 Å². The topological polar surface area (TPSA) is 52.7 Å². The highest BCUT2D eigenvalue weighted by Crippen LogP contribution is 2.27. The Morgan fingerprint density at radius 3 is 2.28 bits per heavy atom. The van der Waals surface area contributed by atoms with Gasteiger partial charge in [-0.05, 0) is 17.5 Å². The standard InChI is InChI=1S/C24H31N3O2/c1-19(2)18-24(29)27-16-14-26(15-17-27)13-12-23(28)25-22-11-7-6-10-21(22)20-8-4-3-5-9-20/h3-11,19H,12-18H2,1-2H3,(H,25,28). The van der Waals surface area contributed by atoms with E-state index in [1.165, 1.54) is 0 Å². The Bertz CT molecular complexity index is 812. The van der Waals surface area contributed by atoms with Crippen LogP contribution in [0.3, 0.4) is 0 Å². The van der Waals surface area contributed by atoms with E-state index in [0.717, 1.165) is 43.0 Å². The number of nitrogens with one attached hydrogen (secondary N) is 1. The minimum atomic E-state index is 0.0201. The summed E-state index contributed by atoms with van der Waals surface area (Å²) in [7, 11) is 0. The first kappa shape index (κ1) is 21.1. The van der Waals surface area contributed by atoms with Gasteiger partial charge in [0.05, 0.1) is 0 Å². The summed E-state index contributed by atoms with van der Waals surface area (Å²) in [5.74, 6) is 0.657. The van der Waals surface area contributed by atoms with Crippen molar-refractivity contribution in [3.63, 3.8) is 0 Å². The van der Waals surface area contributed by atoms with Crippen LogP contribution in [0.5, 0.6) is 0 Å². The smallest absolute Gasteiger partial charge is 0.225 e. The summed E-state index contributed by atoms with van der Waals surface area (Å²) in [6, 6.07) is 18.0. The van der Waals surface area contributed by atoms with Crippen molar-refractivity contribution in [1.29, 1.82) is 0 Å². The number of nitrogens with zero attached hydrogens (tertiary/aromatic N) is 2. The second-order valence-corrected chi connectivity index (χ2v) is 8.03. The lowest BCUT2D eigenvalue weighted by molar-refractivity contribution is -0.134. The van der Waals surface area contributed by atoms with Crippen molar-refractivity contribution in [2.24, 2.45) is 5.92 Å². The number of carbonyl (C=O) groups excluding carboxylic acids is 2. The molecule has 0 bridgehead atoms. The van der Waals surface area contributed by atoms with Gasteiger partial charge in [-0.15, -0.1) is 0 Å². The average molecular weight is 394 g/mol. The van der Waals surface area contributed by atoms with Crippen molar-refractivity contribution in [3.8, 4) is 11.1 Å². The first-order valence-electron chi connectivity index (χ1n) is 10.5. The molecule has 5 heteroatoms. The number of benzene rings is 2. The Labute approximate surface area is 173 Å². The minimum Gasteiger partial charge on any atom is -0.340 e. The predicted molar refractivity (Wildman–Crippen MR) is 118 cm³/mol. The molecule has 0 aliphatic carbocycles. The summed E-state index contributed by atoms with van der Waals surface area (Å²) in [4.78, 5) is 28.9. The summed E-state index contributed by atoms with van der Waals surface area (Å²) < 4.78 is 0. The molecule has 0 radical (unpaired) electrons. The summed E-state index contributed by atoms with van der Waals surface area (Å²) in [6.07, 6.45) is 1.06. The fourth-order valence-electron chi connectivity index (χ4n) is 3.63. The highest BCUT2D eigenvalue weighted by Gasteiger charge is 2.21. The number of para-hydroxylation sites is 1. The van der Waals surface area contributed by atoms with Crippen molar-refractivity contribution in [3.05, 3.63) is 54.6 Å². The van der Waals surface area contributed by atoms with E-state index in [0.29, 0.717) is 25.3 Å². The van der Waals surface area contributed by atoms with Crippen LogP contribution in [0.1, 0.15) is 26.7 Å². The largest absolute Gasteiger partial charge is 0.340 e. The molecule has 1 aliphatic heterocycles. The van der Waals surface area contributed by atoms with Gasteiger partial charge in [-0.25, -0.2) is 0 Å². The monoisotopic (exact) mass is 393 g/mol. The number of amides is 2. The molecule has 1 aliphatic rings. The molecule has 29 heavy (non-hydrogen) atoms. The zero-order valence-corrected chi connectivity index (χ0v) is 17.4. The van der Waals surface area contributed by atoms with Crippen molar-refractivity contribution >= 4 is 17.5 Å². The SMILES string of the molecule is CC(C)CC(=O)N1CCN(CCC(=O)Nc2ccccc2-c2ccccc2)CC1. The maximum atomic E-state index is 12.5. The van der Waals surface area contributed by atoms with E-state index >= 15 is 0 Å². The van der Waals surface area contributed by atoms with Gasteiger partial charge in [0.1, 0.15) is 0 Å². The number of piperazine rings is 1. The van der Waals surface area contributed by atoms with Crippen molar-refractivity contribution in [2.75, 3.05) is 38.0 Å². The second-order valence-electron chi connectivity index (χ2n) is 8.03. The highest BCUT2D eigenvalue weighted by atomic mass is 16.2. The Morgan fingerprint density at radius 1 is 0.931 bits per heavy atom. The van der Waals surface area contributed by atoms with Crippen LogP contribution in [0.4, 0.5) is 5.69 Å². The van der Waals surface area contributed by atoms with Gasteiger partial charge < -0.3 is 10.2 Å². The molecule has 0 atom stereocenters. The fraction of sp³-hybridized carbons (Fsp3) is 0.417. The van der Waals surface area contributed by atoms with Crippen LogP contribution in [-0.2, 0) is 9.59 Å². The van der Waals surface area contributed by atoms with Crippen LogP contribution in [-0.4, -0.2) is 54.3 Å². The van der Waals surface area contributed by atoms with E-state index in [1.54, 1.807) is 0 Å². The second kappa shape index (κ2) is 10.2. The molecule has 1 fully saturated rings. The minimum absolute atomic E-state index is 0.0201. The molecular weight excluding hydrogens is 362 g/mol. The third kappa shape index (κ3) is 6.16. The van der Waals surface area contributed by atoms with E-state index < -0.39 is 0 Å². The summed E-state index contributed by atoms with van der Waals surface area (Å²) in [5, 5.41) is 3.07. The van der Waals surface area contributed by atoms with E-state index in [9.17, 15) is 9.59 Å². The lowest BCUT2D eigenvalue weighted by Gasteiger charge is -2.35. The van der Waals surface area contributed by atoms with Gasteiger partial charge in [0.15, 0.2) is 0 Å². The van der Waals surface area contributed by atoms with Crippen LogP contribution in [0.15, 0.2) is 54.6 Å². The predicted octanol–water partition coefficient (Wildman–Crippen LogP) is 3.87. The molecule has 1 saturated heterocycles. The zero-order chi connectivity index (χ0) is 20.6. The molecule has 3 rings (SSSR count). The number of anilines is 1. The van der Waals surface area contributed by atoms with E-state index in [1.807, 2.05) is 59.5 Å². The number of carbonyl (C=O) groups is 2. The third-order valence-corrected chi connectivity index (χ3v) is 5.25. The molecule has 0 spiro atoms. The average Bonchev–Trinajstić information content (AvgIpc) is 2.73. The lowest BCUT2D eigenvalue weighted by Crippen LogP contribution is -2.49. The molecular formula is C24H31N3O2. The molecule has 2 aromatic carbocycles. The Balaban J connectivity index is 1.48. The molecule has 1 N–H and O–H groups in total. The van der Waals surface area contributed by atoms with E-state index in [-0.39, 0.29) is 11.8 Å². The van der Waals surface area contributed by atoms with Gasteiger partial charge in [-0.2, -0.15) is 0 Å². The fourth-order valence-corrected chi connectivity index (χ4v) is 3.63. The quantitative estimate of drug-likeness (QED) is 0.777. The lowest BCUT2D eigenvalue weighted by atomic mass is 10.0. The van der Waals surface area contributed by atoms with Crippen molar-refractivity contribution in [2.45, 2.75) is 26.7 Å². The molecule has 2 amide bonds. The van der Waals surface area contributed by atoms with Gasteiger partial charge in [-0.1, -0.05) is 62.4 Å². The normalized spacial score (nSPS) is 14.8. The van der Waals surface area contributed by atoms with Gasteiger partial charge in [0.25, 0.3) is 0 Å². The number of rotatable bonds is 7. The van der Waals surface area contributed by atoms with Crippen molar-refractivity contribution in [1.82, 2.24) is 9.80 Å². The van der Waals surface area contributed by atoms with Crippen molar-refractivity contribution < 1.29 is 9.59 Å². The first-order chi connectivity index (χ1) is 14.0. The summed E-state index contributed by atoms with van der Waals surface area (Å²) >= 11 is 0. The molecule has 0 saturated carbocycles. The van der Waals surface area contributed by atoms with Crippen LogP contribution < -0.4 is 5.32 Å². The van der Waals surface area contributed by atoms with Gasteiger partial charge in [0, 0.05) is 56.8 Å². The van der Waals surface area contributed by atoms with Gasteiger partial charge in [0.2, 0.25) is 11.8 Å². The van der Waals surface area contributed by atoms with Crippen LogP contribution >= 0.6 is 0 Å². The van der Waals surface area contributed by atoms with Crippen LogP contribution in [0.25, 0.3) is 11.1 Å². The number of hydrogen-bond donors (Lipinski definition) is 1. The third-order valence-electron chi connectivity index (χ3n) is 5.25. The van der Waals surface area contributed by atoms with Crippen LogP contribution in [0, 0.1) is 5.92 Å². The van der Waals surface area contributed by atoms with Crippen LogP contribution in [0.2, 0.25) is 0 Å². The maximum absolute atomic E-state index is 12.5. The highest BCUT2D eigenvalue weighted by molar-refractivity contribution is 5.95. The van der Waals surface area contributed by atoms with E-state index in [4.69, 9.17) is 0 Å². The Hall–Kier alpha value is -2.66. The molecule has 2 aromatic rings.